The van der Waals surface area contributed by atoms with Crippen LogP contribution in [0.4, 0.5) is 0 Å². The lowest BCUT2D eigenvalue weighted by Gasteiger charge is -2.00. The van der Waals surface area contributed by atoms with Crippen molar-refractivity contribution in [1.29, 1.82) is 0 Å². The molecule has 0 fully saturated rings. The molecule has 0 aliphatic rings. The van der Waals surface area contributed by atoms with E-state index < -0.39 is 0 Å². The third-order valence-electron chi connectivity index (χ3n) is 1.56. The predicted octanol–water partition coefficient (Wildman–Crippen LogP) is 1.54. The minimum absolute atomic E-state index is 0. The molecule has 3 nitrogen and oxygen atoms in total. The number of halogens is 2. The van der Waals surface area contributed by atoms with Gasteiger partial charge in [-0.3, -0.25) is 0 Å². The number of hydrogen-bond acceptors (Lipinski definition) is 3. The SMILES string of the molecule is Cl.Cl.N/C=C(/N)Cc1ccc(O)cc1. The van der Waals surface area contributed by atoms with Crippen molar-refractivity contribution in [1.82, 2.24) is 0 Å². The zero-order valence-corrected chi connectivity index (χ0v) is 9.15. The van der Waals surface area contributed by atoms with Gasteiger partial charge in [0.15, 0.2) is 0 Å². The maximum Gasteiger partial charge on any atom is 0.115 e. The van der Waals surface area contributed by atoms with E-state index in [9.17, 15) is 0 Å². The number of hydrogen-bond donors (Lipinski definition) is 3. The molecule has 80 valence electrons. The highest BCUT2D eigenvalue weighted by Crippen LogP contribution is 2.11. The average Bonchev–Trinajstić information content (AvgIpc) is 2.09. The van der Waals surface area contributed by atoms with Crippen LogP contribution in [0.3, 0.4) is 0 Å². The first-order chi connectivity index (χ1) is 5.72. The van der Waals surface area contributed by atoms with Gasteiger partial charge in [0.1, 0.15) is 5.75 Å². The molecular formula is C9H14Cl2N2O. The van der Waals surface area contributed by atoms with Gasteiger partial charge in [0.25, 0.3) is 0 Å². The first kappa shape index (κ1) is 15.4. The lowest BCUT2D eigenvalue weighted by atomic mass is 10.1. The second-order valence-electron chi connectivity index (χ2n) is 2.58. The van der Waals surface area contributed by atoms with Crippen molar-refractivity contribution in [2.45, 2.75) is 6.42 Å². The molecule has 14 heavy (non-hydrogen) atoms. The Morgan fingerprint density at radius 2 is 1.71 bits per heavy atom. The highest BCUT2D eigenvalue weighted by atomic mass is 35.5. The molecular weight excluding hydrogens is 223 g/mol. The van der Waals surface area contributed by atoms with Crippen LogP contribution < -0.4 is 11.5 Å². The predicted molar refractivity (Wildman–Crippen MR) is 62.8 cm³/mol. The molecule has 1 aromatic rings. The summed E-state index contributed by atoms with van der Waals surface area (Å²) in [6, 6.07) is 6.87. The van der Waals surface area contributed by atoms with Crippen LogP contribution >= 0.6 is 24.8 Å². The molecule has 5 N–H and O–H groups in total. The minimum atomic E-state index is 0. The van der Waals surface area contributed by atoms with Gasteiger partial charge in [0.05, 0.1) is 0 Å². The van der Waals surface area contributed by atoms with Crippen molar-refractivity contribution in [3.05, 3.63) is 41.7 Å². The van der Waals surface area contributed by atoms with Gasteiger partial charge in [-0.25, -0.2) is 0 Å². The van der Waals surface area contributed by atoms with Crippen LogP contribution in [0.2, 0.25) is 0 Å². The summed E-state index contributed by atoms with van der Waals surface area (Å²) in [5, 5.41) is 8.98. The van der Waals surface area contributed by atoms with E-state index in [0.717, 1.165) is 5.56 Å². The molecule has 0 bridgehead atoms. The van der Waals surface area contributed by atoms with Crippen LogP contribution in [0.25, 0.3) is 0 Å². The van der Waals surface area contributed by atoms with E-state index in [2.05, 4.69) is 0 Å². The van der Waals surface area contributed by atoms with Crippen LogP contribution in [0.15, 0.2) is 36.2 Å². The standard InChI is InChI=1S/C9H12N2O.2ClH/c10-6-8(11)5-7-1-3-9(12)4-2-7;;/h1-4,6,12H,5,10-11H2;2*1H/b8-6+;;. The molecule has 1 aromatic carbocycles. The van der Waals surface area contributed by atoms with Gasteiger partial charge >= 0.3 is 0 Å². The van der Waals surface area contributed by atoms with Crippen molar-refractivity contribution in [3.8, 4) is 5.75 Å². The Morgan fingerprint density at radius 3 is 2.14 bits per heavy atom. The van der Waals surface area contributed by atoms with E-state index >= 15 is 0 Å². The highest BCUT2D eigenvalue weighted by Gasteiger charge is 1.94. The number of allylic oxidation sites excluding steroid dienone is 1. The van der Waals surface area contributed by atoms with Crippen molar-refractivity contribution in [3.63, 3.8) is 0 Å². The van der Waals surface area contributed by atoms with Crippen LogP contribution in [-0.4, -0.2) is 5.11 Å². The van der Waals surface area contributed by atoms with Gasteiger partial charge in [-0.05, 0) is 17.7 Å². The highest BCUT2D eigenvalue weighted by molar-refractivity contribution is 5.85. The summed E-state index contributed by atoms with van der Waals surface area (Å²) in [5.74, 6) is 0.258. The molecule has 1 rings (SSSR count). The van der Waals surface area contributed by atoms with E-state index in [-0.39, 0.29) is 30.6 Å². The normalized spacial score (nSPS) is 9.86. The molecule has 0 heterocycles. The maximum absolute atomic E-state index is 8.98. The van der Waals surface area contributed by atoms with Crippen molar-refractivity contribution in [2.24, 2.45) is 11.5 Å². The molecule has 5 heteroatoms. The van der Waals surface area contributed by atoms with E-state index in [1.807, 2.05) is 12.1 Å². The molecule has 0 amide bonds. The van der Waals surface area contributed by atoms with E-state index in [1.54, 1.807) is 12.1 Å². The van der Waals surface area contributed by atoms with Crippen molar-refractivity contribution >= 4 is 24.8 Å². The summed E-state index contributed by atoms with van der Waals surface area (Å²) in [6.45, 7) is 0. The summed E-state index contributed by atoms with van der Waals surface area (Å²) in [5.41, 5.74) is 12.4. The average molecular weight is 237 g/mol. The number of benzene rings is 1. The quantitative estimate of drug-likeness (QED) is 0.730. The fourth-order valence-electron chi connectivity index (χ4n) is 0.908. The van der Waals surface area contributed by atoms with E-state index in [0.29, 0.717) is 12.1 Å². The summed E-state index contributed by atoms with van der Waals surface area (Å²) < 4.78 is 0. The molecule has 0 unspecified atom stereocenters. The first-order valence-electron chi connectivity index (χ1n) is 3.66. The fourth-order valence-corrected chi connectivity index (χ4v) is 0.908. The molecule has 0 radical (unpaired) electrons. The zero-order chi connectivity index (χ0) is 8.97. The first-order valence-corrected chi connectivity index (χ1v) is 3.66. The Morgan fingerprint density at radius 1 is 1.21 bits per heavy atom. The smallest absolute Gasteiger partial charge is 0.115 e. The van der Waals surface area contributed by atoms with Crippen molar-refractivity contribution in [2.75, 3.05) is 0 Å². The Hall–Kier alpha value is -1.06. The minimum Gasteiger partial charge on any atom is -0.508 e. The second-order valence-corrected chi connectivity index (χ2v) is 2.58. The van der Waals surface area contributed by atoms with Gasteiger partial charge in [-0.15, -0.1) is 24.8 Å². The topological polar surface area (TPSA) is 72.3 Å². The van der Waals surface area contributed by atoms with Gasteiger partial charge in [-0.1, -0.05) is 12.1 Å². The number of rotatable bonds is 2. The Balaban J connectivity index is 0. The van der Waals surface area contributed by atoms with Gasteiger partial charge in [0, 0.05) is 18.3 Å². The van der Waals surface area contributed by atoms with Crippen LogP contribution in [-0.2, 0) is 6.42 Å². The third-order valence-corrected chi connectivity index (χ3v) is 1.56. The van der Waals surface area contributed by atoms with E-state index in [1.165, 1.54) is 6.20 Å². The Bertz CT molecular complexity index is 285. The van der Waals surface area contributed by atoms with E-state index in [4.69, 9.17) is 16.6 Å². The number of aromatic hydroxyl groups is 1. The molecule has 0 saturated heterocycles. The number of phenolic OH excluding ortho intramolecular Hbond substituents is 1. The summed E-state index contributed by atoms with van der Waals surface area (Å²) >= 11 is 0. The Kier molecular flexibility index (Phi) is 8.10. The summed E-state index contributed by atoms with van der Waals surface area (Å²) in [4.78, 5) is 0. The lowest BCUT2D eigenvalue weighted by molar-refractivity contribution is 0.475. The second kappa shape index (κ2) is 7.35. The number of phenols is 1. The molecule has 0 aromatic heterocycles. The van der Waals surface area contributed by atoms with Crippen molar-refractivity contribution < 1.29 is 5.11 Å². The lowest BCUT2D eigenvalue weighted by Crippen LogP contribution is -2.03. The zero-order valence-electron chi connectivity index (χ0n) is 7.51. The van der Waals surface area contributed by atoms with Gasteiger partial charge in [0.2, 0.25) is 0 Å². The van der Waals surface area contributed by atoms with Gasteiger partial charge in [-0.2, -0.15) is 0 Å². The maximum atomic E-state index is 8.98. The molecule has 0 aliphatic heterocycles. The largest absolute Gasteiger partial charge is 0.508 e. The molecule has 0 atom stereocenters. The van der Waals surface area contributed by atoms with Crippen LogP contribution in [0, 0.1) is 0 Å². The molecule has 0 spiro atoms. The fraction of sp³-hybridized carbons (Fsp3) is 0.111. The summed E-state index contributed by atoms with van der Waals surface area (Å²) in [6.07, 6.45) is 2.00. The molecule has 0 aliphatic carbocycles. The summed E-state index contributed by atoms with van der Waals surface area (Å²) in [7, 11) is 0. The third kappa shape index (κ3) is 4.84. The van der Waals surface area contributed by atoms with Crippen LogP contribution in [0.5, 0.6) is 5.75 Å². The number of nitrogens with two attached hydrogens (primary N) is 2. The monoisotopic (exact) mass is 236 g/mol. The Labute approximate surface area is 95.6 Å². The molecule has 0 saturated carbocycles. The van der Waals surface area contributed by atoms with Crippen LogP contribution in [0.1, 0.15) is 5.56 Å². The van der Waals surface area contributed by atoms with Gasteiger partial charge < -0.3 is 16.6 Å².